The fourth-order valence-corrected chi connectivity index (χ4v) is 1.95. The molecule has 2 aromatic rings. The van der Waals surface area contributed by atoms with Crippen LogP contribution < -0.4 is 10.9 Å². The molecule has 3 N–H and O–H groups in total. The third-order valence-corrected chi connectivity index (χ3v) is 3.23. The van der Waals surface area contributed by atoms with Crippen LogP contribution in [0.15, 0.2) is 29.1 Å². The smallest absolute Gasteiger partial charge is 0.272 e. The molecule has 1 atom stereocenters. The van der Waals surface area contributed by atoms with Gasteiger partial charge in [0.15, 0.2) is 5.69 Å². The van der Waals surface area contributed by atoms with E-state index < -0.39 is 5.91 Å². The number of aliphatic hydroxyl groups is 1. The van der Waals surface area contributed by atoms with Gasteiger partial charge in [-0.1, -0.05) is 32.0 Å². The highest BCUT2D eigenvalue weighted by Crippen LogP contribution is 2.13. The largest absolute Gasteiger partial charge is 0.394 e. The van der Waals surface area contributed by atoms with Crippen molar-refractivity contribution in [3.05, 3.63) is 40.3 Å². The van der Waals surface area contributed by atoms with E-state index in [1.165, 1.54) is 0 Å². The molecule has 1 heterocycles. The molecule has 0 aliphatic rings. The summed E-state index contributed by atoms with van der Waals surface area (Å²) in [6.45, 7) is 3.66. The van der Waals surface area contributed by atoms with Crippen LogP contribution in [-0.2, 0) is 0 Å². The lowest BCUT2D eigenvalue weighted by Crippen LogP contribution is -2.41. The van der Waals surface area contributed by atoms with Gasteiger partial charge >= 0.3 is 0 Å². The fourth-order valence-electron chi connectivity index (χ4n) is 1.95. The zero-order chi connectivity index (χ0) is 14.7. The number of aromatic amines is 1. The van der Waals surface area contributed by atoms with Gasteiger partial charge in [0.25, 0.3) is 11.5 Å². The van der Waals surface area contributed by atoms with Crippen molar-refractivity contribution in [1.82, 2.24) is 15.5 Å². The lowest BCUT2D eigenvalue weighted by molar-refractivity contribution is 0.0892. The number of hydrogen-bond acceptors (Lipinski definition) is 4. The molecule has 0 radical (unpaired) electrons. The van der Waals surface area contributed by atoms with E-state index in [1.807, 2.05) is 13.8 Å². The quantitative estimate of drug-likeness (QED) is 0.764. The summed E-state index contributed by atoms with van der Waals surface area (Å²) in [5.41, 5.74) is -0.181. The predicted molar refractivity (Wildman–Crippen MR) is 75.5 cm³/mol. The van der Waals surface area contributed by atoms with Crippen molar-refractivity contribution in [2.24, 2.45) is 5.92 Å². The van der Waals surface area contributed by atoms with E-state index in [0.29, 0.717) is 10.8 Å². The number of carbonyl (C=O) groups excluding carboxylic acids is 1. The van der Waals surface area contributed by atoms with Crippen LogP contribution in [0.25, 0.3) is 10.8 Å². The summed E-state index contributed by atoms with van der Waals surface area (Å²) in [6, 6.07) is 6.43. The van der Waals surface area contributed by atoms with Gasteiger partial charge in [0.2, 0.25) is 0 Å². The maximum absolute atomic E-state index is 12.2. The Morgan fingerprint density at radius 3 is 2.60 bits per heavy atom. The van der Waals surface area contributed by atoms with Crippen LogP contribution in [0, 0.1) is 5.92 Å². The molecular formula is C14H17N3O3. The molecule has 0 bridgehead atoms. The molecule has 20 heavy (non-hydrogen) atoms. The van der Waals surface area contributed by atoms with Crippen molar-refractivity contribution in [3.8, 4) is 0 Å². The topological polar surface area (TPSA) is 95.1 Å². The minimum Gasteiger partial charge on any atom is -0.394 e. The first-order valence-corrected chi connectivity index (χ1v) is 6.43. The van der Waals surface area contributed by atoms with Gasteiger partial charge < -0.3 is 10.4 Å². The van der Waals surface area contributed by atoms with Crippen LogP contribution in [-0.4, -0.2) is 33.9 Å². The first kappa shape index (κ1) is 14.2. The number of carbonyl (C=O) groups is 1. The van der Waals surface area contributed by atoms with E-state index in [2.05, 4.69) is 15.5 Å². The van der Waals surface area contributed by atoms with E-state index in [1.54, 1.807) is 24.3 Å². The van der Waals surface area contributed by atoms with E-state index in [4.69, 9.17) is 0 Å². The second-order valence-electron chi connectivity index (χ2n) is 4.95. The van der Waals surface area contributed by atoms with Crippen molar-refractivity contribution in [2.45, 2.75) is 19.9 Å². The van der Waals surface area contributed by atoms with Crippen molar-refractivity contribution >= 4 is 16.7 Å². The number of amides is 1. The van der Waals surface area contributed by atoms with E-state index >= 15 is 0 Å². The Labute approximate surface area is 115 Å². The summed E-state index contributed by atoms with van der Waals surface area (Å²) < 4.78 is 0. The summed E-state index contributed by atoms with van der Waals surface area (Å²) in [5, 5.41) is 19.0. The molecule has 0 aliphatic carbocycles. The molecule has 1 unspecified atom stereocenters. The summed E-state index contributed by atoms with van der Waals surface area (Å²) >= 11 is 0. The summed E-state index contributed by atoms with van der Waals surface area (Å²) in [4.78, 5) is 23.9. The average molecular weight is 275 g/mol. The lowest BCUT2D eigenvalue weighted by Gasteiger charge is -2.19. The monoisotopic (exact) mass is 275 g/mol. The number of nitrogens with zero attached hydrogens (tertiary/aromatic N) is 1. The standard InChI is InChI=1S/C14H17N3O3/c1-8(2)11(7-18)15-14(20)12-9-5-3-4-6-10(9)13(19)17-16-12/h3-6,8,11,18H,7H2,1-2H3,(H,15,20)(H,17,19). The van der Waals surface area contributed by atoms with Gasteiger partial charge in [-0.2, -0.15) is 5.10 Å². The molecule has 2 rings (SSSR count). The molecule has 1 amide bonds. The molecule has 0 aliphatic heterocycles. The number of H-pyrrole nitrogens is 1. The van der Waals surface area contributed by atoms with Gasteiger partial charge in [-0.15, -0.1) is 0 Å². The molecule has 0 spiro atoms. The lowest BCUT2D eigenvalue weighted by atomic mass is 10.0. The Kier molecular flexibility index (Phi) is 4.14. The van der Waals surface area contributed by atoms with Gasteiger partial charge in [0.1, 0.15) is 0 Å². The van der Waals surface area contributed by atoms with Crippen molar-refractivity contribution in [2.75, 3.05) is 6.61 Å². The highest BCUT2D eigenvalue weighted by molar-refractivity contribution is 6.04. The molecule has 106 valence electrons. The number of aromatic nitrogens is 2. The molecular weight excluding hydrogens is 258 g/mol. The maximum Gasteiger partial charge on any atom is 0.272 e. The predicted octanol–water partition coefficient (Wildman–Crippen LogP) is 0.670. The van der Waals surface area contributed by atoms with Crippen molar-refractivity contribution in [1.29, 1.82) is 0 Å². The maximum atomic E-state index is 12.2. The fraction of sp³-hybridized carbons (Fsp3) is 0.357. The number of rotatable bonds is 4. The first-order valence-electron chi connectivity index (χ1n) is 6.43. The molecule has 6 nitrogen and oxygen atoms in total. The minimum absolute atomic E-state index is 0.0953. The van der Waals surface area contributed by atoms with Crippen LogP contribution >= 0.6 is 0 Å². The first-order chi connectivity index (χ1) is 9.54. The third kappa shape index (κ3) is 2.70. The number of aliphatic hydroxyl groups excluding tert-OH is 1. The summed E-state index contributed by atoms with van der Waals surface area (Å²) in [7, 11) is 0. The molecule has 0 saturated heterocycles. The SMILES string of the molecule is CC(C)C(CO)NC(=O)c1n[nH]c(=O)c2ccccc12. The van der Waals surface area contributed by atoms with Gasteiger partial charge in [-0.3, -0.25) is 9.59 Å². The Morgan fingerprint density at radius 1 is 1.35 bits per heavy atom. The second-order valence-corrected chi connectivity index (χ2v) is 4.95. The highest BCUT2D eigenvalue weighted by atomic mass is 16.3. The Balaban J connectivity index is 2.41. The number of hydrogen-bond donors (Lipinski definition) is 3. The Hall–Kier alpha value is -2.21. The number of fused-ring (bicyclic) bond motifs is 1. The van der Waals surface area contributed by atoms with E-state index in [9.17, 15) is 14.7 Å². The molecule has 6 heteroatoms. The Morgan fingerprint density at radius 2 is 2.00 bits per heavy atom. The van der Waals surface area contributed by atoms with Gasteiger partial charge in [0.05, 0.1) is 18.0 Å². The highest BCUT2D eigenvalue weighted by Gasteiger charge is 2.19. The van der Waals surface area contributed by atoms with Gasteiger partial charge in [-0.25, -0.2) is 5.10 Å². The zero-order valence-electron chi connectivity index (χ0n) is 11.4. The molecule has 1 aromatic carbocycles. The van der Waals surface area contributed by atoms with Crippen LogP contribution in [0.4, 0.5) is 0 Å². The third-order valence-electron chi connectivity index (χ3n) is 3.23. The normalized spacial score (nSPS) is 12.6. The van der Waals surface area contributed by atoms with Gasteiger partial charge in [-0.05, 0) is 12.0 Å². The van der Waals surface area contributed by atoms with Crippen LogP contribution in [0.2, 0.25) is 0 Å². The minimum atomic E-state index is -0.412. The Bertz CT molecular complexity index is 679. The molecule has 0 saturated carbocycles. The van der Waals surface area contributed by atoms with Crippen molar-refractivity contribution in [3.63, 3.8) is 0 Å². The second kappa shape index (κ2) is 5.83. The van der Waals surface area contributed by atoms with E-state index in [-0.39, 0.29) is 29.8 Å². The van der Waals surface area contributed by atoms with Crippen LogP contribution in [0.5, 0.6) is 0 Å². The molecule has 0 fully saturated rings. The van der Waals surface area contributed by atoms with Crippen LogP contribution in [0.3, 0.4) is 0 Å². The summed E-state index contributed by atoms with van der Waals surface area (Å²) in [5.74, 6) is -0.317. The summed E-state index contributed by atoms with van der Waals surface area (Å²) in [6.07, 6.45) is 0. The van der Waals surface area contributed by atoms with Crippen molar-refractivity contribution < 1.29 is 9.90 Å². The van der Waals surface area contributed by atoms with Gasteiger partial charge in [0, 0.05) is 5.39 Å². The number of nitrogens with one attached hydrogen (secondary N) is 2. The zero-order valence-corrected chi connectivity index (χ0v) is 11.4. The average Bonchev–Trinajstić information content (AvgIpc) is 2.45. The van der Waals surface area contributed by atoms with E-state index in [0.717, 1.165) is 0 Å². The number of benzene rings is 1. The molecule has 1 aromatic heterocycles. The van der Waals surface area contributed by atoms with Crippen LogP contribution in [0.1, 0.15) is 24.3 Å².